The third kappa shape index (κ3) is 3.79. The molecule has 0 spiro atoms. The zero-order valence-electron chi connectivity index (χ0n) is 13.8. The van der Waals surface area contributed by atoms with Crippen molar-refractivity contribution in [1.29, 1.82) is 0 Å². The van der Waals surface area contributed by atoms with Gasteiger partial charge in [-0.25, -0.2) is 4.39 Å². The van der Waals surface area contributed by atoms with Crippen LogP contribution in [0.25, 0.3) is 5.69 Å². The Morgan fingerprint density at radius 3 is 2.67 bits per heavy atom. The zero-order valence-corrected chi connectivity index (χ0v) is 13.8. The lowest BCUT2D eigenvalue weighted by Gasteiger charge is -2.31. The minimum atomic E-state index is -0.316. The number of nitrogens with one attached hydrogen (secondary N) is 1. The first-order valence-corrected chi connectivity index (χ1v) is 8.29. The lowest BCUT2D eigenvalue weighted by Crippen LogP contribution is -2.39. The van der Waals surface area contributed by atoms with Gasteiger partial charge in [-0.3, -0.25) is 4.79 Å². The van der Waals surface area contributed by atoms with Crippen molar-refractivity contribution in [3.05, 3.63) is 42.0 Å². The number of hydrogen-bond acceptors (Lipinski definition) is 4. The van der Waals surface area contributed by atoms with Gasteiger partial charge in [0.25, 0.3) is 5.91 Å². The molecule has 1 aromatic heterocycles. The number of nitrogens with zero attached hydrogens (tertiary/aromatic N) is 4. The molecule has 1 aliphatic heterocycles. The van der Waals surface area contributed by atoms with Gasteiger partial charge in [-0.05, 0) is 63.0 Å². The van der Waals surface area contributed by atoms with E-state index in [1.165, 1.54) is 23.1 Å². The van der Waals surface area contributed by atoms with Gasteiger partial charge >= 0.3 is 0 Å². The molecule has 1 aliphatic rings. The van der Waals surface area contributed by atoms with Gasteiger partial charge in [0, 0.05) is 13.1 Å². The van der Waals surface area contributed by atoms with E-state index in [9.17, 15) is 9.18 Å². The van der Waals surface area contributed by atoms with Crippen molar-refractivity contribution in [3.63, 3.8) is 0 Å². The molecule has 2 aromatic rings. The molecule has 0 radical (unpaired) electrons. The number of carbonyl (C=O) groups is 1. The van der Waals surface area contributed by atoms with Crippen LogP contribution in [0.4, 0.5) is 4.39 Å². The van der Waals surface area contributed by atoms with Crippen molar-refractivity contribution >= 4 is 5.91 Å². The first kappa shape index (κ1) is 16.6. The van der Waals surface area contributed by atoms with Gasteiger partial charge in [-0.2, -0.15) is 9.90 Å². The van der Waals surface area contributed by atoms with Crippen molar-refractivity contribution < 1.29 is 9.18 Å². The first-order chi connectivity index (χ1) is 11.7. The quantitative estimate of drug-likeness (QED) is 0.908. The number of aromatic nitrogens is 3. The van der Waals surface area contributed by atoms with Crippen molar-refractivity contribution in [2.75, 3.05) is 26.7 Å². The van der Waals surface area contributed by atoms with Crippen LogP contribution in [0, 0.1) is 11.7 Å². The Hall–Kier alpha value is -2.28. The second-order valence-corrected chi connectivity index (χ2v) is 6.12. The number of likely N-dealkylation sites (tertiary alicyclic amines) is 1. The standard InChI is InChI=1S/C17H22FN5O/c1-19-9-6-13-7-10-22(11-8-13)17(24)16-12-20-23(21-16)15-4-2-14(18)3-5-15/h2-5,12-13,19H,6-11H2,1H3. The summed E-state index contributed by atoms with van der Waals surface area (Å²) in [5, 5.41) is 11.5. The number of amides is 1. The summed E-state index contributed by atoms with van der Waals surface area (Å²) in [4.78, 5) is 15.8. The zero-order chi connectivity index (χ0) is 16.9. The molecular formula is C17H22FN5O. The molecule has 1 N–H and O–H groups in total. The molecule has 1 aromatic carbocycles. The average Bonchev–Trinajstić information content (AvgIpc) is 3.10. The van der Waals surface area contributed by atoms with E-state index in [1.54, 1.807) is 12.1 Å². The topological polar surface area (TPSA) is 63.1 Å². The third-order valence-corrected chi connectivity index (χ3v) is 4.47. The highest BCUT2D eigenvalue weighted by atomic mass is 19.1. The second-order valence-electron chi connectivity index (χ2n) is 6.12. The van der Waals surface area contributed by atoms with Gasteiger partial charge in [-0.15, -0.1) is 5.10 Å². The molecule has 0 atom stereocenters. The fourth-order valence-electron chi connectivity index (χ4n) is 3.00. The van der Waals surface area contributed by atoms with E-state index in [-0.39, 0.29) is 11.7 Å². The second kappa shape index (κ2) is 7.53. The summed E-state index contributed by atoms with van der Waals surface area (Å²) in [5.41, 5.74) is 0.953. The fourth-order valence-corrected chi connectivity index (χ4v) is 3.00. The maximum Gasteiger partial charge on any atom is 0.276 e. The lowest BCUT2D eigenvalue weighted by molar-refractivity contribution is 0.0680. The van der Waals surface area contributed by atoms with Crippen molar-refractivity contribution in [3.8, 4) is 5.69 Å². The molecule has 6 nitrogen and oxygen atoms in total. The molecule has 2 heterocycles. The molecular weight excluding hydrogens is 309 g/mol. The van der Waals surface area contributed by atoms with E-state index < -0.39 is 0 Å². The maximum absolute atomic E-state index is 13.0. The van der Waals surface area contributed by atoms with E-state index in [4.69, 9.17) is 0 Å². The van der Waals surface area contributed by atoms with Crippen LogP contribution in [-0.2, 0) is 0 Å². The monoisotopic (exact) mass is 331 g/mol. The van der Waals surface area contributed by atoms with Crippen LogP contribution in [-0.4, -0.2) is 52.5 Å². The highest BCUT2D eigenvalue weighted by molar-refractivity contribution is 5.92. The minimum Gasteiger partial charge on any atom is -0.337 e. The summed E-state index contributed by atoms with van der Waals surface area (Å²) in [5.74, 6) is 0.273. The summed E-state index contributed by atoms with van der Waals surface area (Å²) in [7, 11) is 1.96. The summed E-state index contributed by atoms with van der Waals surface area (Å²) in [6, 6.07) is 5.85. The molecule has 24 heavy (non-hydrogen) atoms. The smallest absolute Gasteiger partial charge is 0.276 e. The van der Waals surface area contributed by atoms with Crippen LogP contribution >= 0.6 is 0 Å². The molecule has 1 amide bonds. The Morgan fingerprint density at radius 1 is 1.29 bits per heavy atom. The Morgan fingerprint density at radius 2 is 2.00 bits per heavy atom. The molecule has 3 rings (SSSR count). The average molecular weight is 331 g/mol. The Labute approximate surface area is 140 Å². The van der Waals surface area contributed by atoms with Crippen LogP contribution in [0.15, 0.2) is 30.5 Å². The lowest BCUT2D eigenvalue weighted by atomic mass is 9.93. The number of rotatable bonds is 5. The molecule has 128 valence electrons. The number of piperidine rings is 1. The normalized spacial score (nSPS) is 15.7. The number of carbonyl (C=O) groups excluding carboxylic acids is 1. The first-order valence-electron chi connectivity index (χ1n) is 8.29. The number of benzene rings is 1. The van der Waals surface area contributed by atoms with Gasteiger partial charge in [0.2, 0.25) is 0 Å². The van der Waals surface area contributed by atoms with E-state index >= 15 is 0 Å². The predicted molar refractivity (Wildman–Crippen MR) is 88.5 cm³/mol. The third-order valence-electron chi connectivity index (χ3n) is 4.47. The number of hydrogen-bond donors (Lipinski definition) is 1. The van der Waals surface area contributed by atoms with Crippen LogP contribution in [0.3, 0.4) is 0 Å². The maximum atomic E-state index is 13.0. The van der Waals surface area contributed by atoms with E-state index in [0.29, 0.717) is 17.3 Å². The molecule has 0 aliphatic carbocycles. The Kier molecular flexibility index (Phi) is 5.20. The molecule has 0 saturated carbocycles. The largest absolute Gasteiger partial charge is 0.337 e. The summed E-state index contributed by atoms with van der Waals surface area (Å²) in [6.45, 7) is 2.54. The SMILES string of the molecule is CNCCC1CCN(C(=O)c2cnn(-c3ccc(F)cc3)n2)CC1. The predicted octanol–water partition coefficient (Wildman–Crippen LogP) is 1.87. The van der Waals surface area contributed by atoms with Gasteiger partial charge < -0.3 is 10.2 Å². The summed E-state index contributed by atoms with van der Waals surface area (Å²) < 4.78 is 13.0. The highest BCUT2D eigenvalue weighted by Crippen LogP contribution is 2.21. The van der Waals surface area contributed by atoms with Crippen molar-refractivity contribution in [1.82, 2.24) is 25.2 Å². The summed E-state index contributed by atoms with van der Waals surface area (Å²) in [6.07, 6.45) is 4.68. The van der Waals surface area contributed by atoms with Crippen LogP contribution in [0.1, 0.15) is 29.8 Å². The molecule has 1 saturated heterocycles. The van der Waals surface area contributed by atoms with E-state index in [2.05, 4.69) is 15.5 Å². The summed E-state index contributed by atoms with van der Waals surface area (Å²) >= 11 is 0. The minimum absolute atomic E-state index is 0.0876. The van der Waals surface area contributed by atoms with Gasteiger partial charge in [-0.1, -0.05) is 0 Å². The Balaban J connectivity index is 1.61. The Bertz CT molecular complexity index is 677. The fraction of sp³-hybridized carbons (Fsp3) is 0.471. The van der Waals surface area contributed by atoms with E-state index in [1.807, 2.05) is 11.9 Å². The van der Waals surface area contributed by atoms with Crippen molar-refractivity contribution in [2.45, 2.75) is 19.3 Å². The van der Waals surface area contributed by atoms with Crippen LogP contribution < -0.4 is 5.32 Å². The number of halogens is 1. The van der Waals surface area contributed by atoms with Crippen LogP contribution in [0.2, 0.25) is 0 Å². The van der Waals surface area contributed by atoms with Crippen LogP contribution in [0.5, 0.6) is 0 Å². The molecule has 1 fully saturated rings. The molecule has 0 bridgehead atoms. The van der Waals surface area contributed by atoms with Gasteiger partial charge in [0.15, 0.2) is 5.69 Å². The molecule has 0 unspecified atom stereocenters. The van der Waals surface area contributed by atoms with Gasteiger partial charge in [0.05, 0.1) is 11.9 Å². The molecule has 7 heteroatoms. The van der Waals surface area contributed by atoms with Crippen molar-refractivity contribution in [2.24, 2.45) is 5.92 Å². The van der Waals surface area contributed by atoms with E-state index in [0.717, 1.165) is 38.9 Å². The highest BCUT2D eigenvalue weighted by Gasteiger charge is 2.25. The van der Waals surface area contributed by atoms with Gasteiger partial charge in [0.1, 0.15) is 5.82 Å².